The van der Waals surface area contributed by atoms with E-state index in [0.717, 1.165) is 0 Å². The Morgan fingerprint density at radius 3 is 1.57 bits per heavy atom. The van der Waals surface area contributed by atoms with Crippen LogP contribution in [-0.2, 0) is 4.79 Å². The molecule has 0 rings (SSSR count). The van der Waals surface area contributed by atoms with Crippen LogP contribution in [0.1, 0.15) is 27.7 Å². The second-order valence-corrected chi connectivity index (χ2v) is 2.81. The Kier molecular flexibility index (Phi) is 1.57. The van der Waals surface area contributed by atoms with Gasteiger partial charge in [-0.15, -0.1) is 0 Å². The highest BCUT2D eigenvalue weighted by Crippen LogP contribution is 2.12. The van der Waals surface area contributed by atoms with E-state index in [9.17, 15) is 4.79 Å². The number of hydrogen-bond donors (Lipinski definition) is 0. The molecule has 0 unspecified atom stereocenters. The zero-order valence-corrected chi connectivity index (χ0v) is 5.41. The molecule has 0 amide bonds. The van der Waals surface area contributed by atoms with Crippen LogP contribution in [-0.4, -0.2) is 5.78 Å². The lowest BCUT2D eigenvalue weighted by atomic mass is 9.96. The minimum atomic E-state index is -0.139. The van der Waals surface area contributed by atoms with Crippen LogP contribution in [0, 0.1) is 5.41 Å². The largest absolute Gasteiger partial charge is 0.299 e. The van der Waals surface area contributed by atoms with Crippen LogP contribution in [0.25, 0.3) is 0 Å². The van der Waals surface area contributed by atoms with E-state index in [1.807, 2.05) is 20.8 Å². The lowest BCUT2D eigenvalue weighted by Crippen LogP contribution is -2.15. The Labute approximate surface area is 44.7 Å². The van der Waals surface area contributed by atoms with E-state index in [2.05, 4.69) is 0 Å². The van der Waals surface area contributed by atoms with Gasteiger partial charge in [0.1, 0.15) is 5.78 Å². The molecule has 0 bridgehead atoms. The summed E-state index contributed by atoms with van der Waals surface area (Å²) in [6.45, 7) is 7.35. The predicted octanol–water partition coefficient (Wildman–Crippen LogP) is 1.62. The van der Waals surface area contributed by atoms with Crippen LogP contribution >= 0.6 is 0 Å². The van der Waals surface area contributed by atoms with Crippen LogP contribution in [0.15, 0.2) is 0 Å². The standard InChI is InChI=1S/C6H12O/c1-5(7)6(2,3)4/h1-4H3/i1+2. The van der Waals surface area contributed by atoms with Gasteiger partial charge in [0.05, 0.1) is 0 Å². The van der Waals surface area contributed by atoms with Gasteiger partial charge in [-0.25, -0.2) is 0 Å². The molecule has 7 heavy (non-hydrogen) atoms. The van der Waals surface area contributed by atoms with Gasteiger partial charge in [-0.2, -0.15) is 0 Å². The van der Waals surface area contributed by atoms with Crippen LogP contribution < -0.4 is 0 Å². The lowest BCUT2D eigenvalue weighted by Gasteiger charge is -2.11. The van der Waals surface area contributed by atoms with Gasteiger partial charge in [0, 0.05) is 5.41 Å². The summed E-state index contributed by atoms with van der Waals surface area (Å²) >= 11 is 0. The van der Waals surface area contributed by atoms with Gasteiger partial charge in [-0.3, -0.25) is 4.79 Å². The summed E-state index contributed by atoms with van der Waals surface area (Å²) < 4.78 is 0. The average molecular weight is 102 g/mol. The van der Waals surface area contributed by atoms with Gasteiger partial charge < -0.3 is 0 Å². The summed E-state index contributed by atoms with van der Waals surface area (Å²) in [6.07, 6.45) is 0. The third kappa shape index (κ3) is 2.38. The zero-order valence-electron chi connectivity index (χ0n) is 5.41. The minimum absolute atomic E-state index is 0.139. The molecule has 0 spiro atoms. The van der Waals surface area contributed by atoms with Crippen molar-refractivity contribution in [2.24, 2.45) is 5.41 Å². The molecule has 0 aliphatic heterocycles. The van der Waals surface area contributed by atoms with Crippen LogP contribution in [0.3, 0.4) is 0 Å². The molecule has 0 aromatic heterocycles. The van der Waals surface area contributed by atoms with Crippen molar-refractivity contribution in [3.63, 3.8) is 0 Å². The van der Waals surface area contributed by atoms with Crippen molar-refractivity contribution < 1.29 is 4.79 Å². The van der Waals surface area contributed by atoms with E-state index in [0.29, 0.717) is 0 Å². The molecule has 0 aliphatic carbocycles. The first-order valence-corrected chi connectivity index (χ1v) is 2.45. The molecule has 0 saturated heterocycles. The first-order chi connectivity index (χ1) is 2.94. The van der Waals surface area contributed by atoms with E-state index < -0.39 is 0 Å². The van der Waals surface area contributed by atoms with Crippen LogP contribution in [0.4, 0.5) is 0 Å². The van der Waals surface area contributed by atoms with Gasteiger partial charge in [-0.05, 0) is 6.92 Å². The second-order valence-electron chi connectivity index (χ2n) is 2.81. The van der Waals surface area contributed by atoms with Gasteiger partial charge in [0.15, 0.2) is 0 Å². The second kappa shape index (κ2) is 1.65. The van der Waals surface area contributed by atoms with Crippen molar-refractivity contribution in [3.8, 4) is 0 Å². The quantitative estimate of drug-likeness (QED) is 0.454. The SMILES string of the molecule is CC(C)(C)C([14CH3])=O. The smallest absolute Gasteiger partial charge is 0.135 e. The van der Waals surface area contributed by atoms with Gasteiger partial charge in [0.25, 0.3) is 0 Å². The van der Waals surface area contributed by atoms with Crippen LogP contribution in [0.5, 0.6) is 0 Å². The number of rotatable bonds is 0. The molecule has 0 aromatic rings. The molecule has 0 heterocycles. The Morgan fingerprint density at radius 2 is 1.57 bits per heavy atom. The highest BCUT2D eigenvalue weighted by molar-refractivity contribution is 5.80. The fourth-order valence-corrected chi connectivity index (χ4v) is 0. The Morgan fingerprint density at radius 1 is 1.43 bits per heavy atom. The van der Waals surface area contributed by atoms with Gasteiger partial charge >= 0.3 is 0 Å². The molecule has 1 heteroatoms. The van der Waals surface area contributed by atoms with E-state index in [1.54, 1.807) is 6.92 Å². The van der Waals surface area contributed by atoms with Crippen molar-refractivity contribution in [3.05, 3.63) is 0 Å². The van der Waals surface area contributed by atoms with E-state index in [4.69, 9.17) is 0 Å². The van der Waals surface area contributed by atoms with E-state index in [-0.39, 0.29) is 11.2 Å². The molecule has 0 aliphatic rings. The maximum Gasteiger partial charge on any atom is 0.135 e. The maximum atomic E-state index is 10.5. The summed E-state index contributed by atoms with van der Waals surface area (Å²) in [7, 11) is 0. The van der Waals surface area contributed by atoms with Crippen molar-refractivity contribution in [2.45, 2.75) is 27.7 Å². The summed E-state index contributed by atoms with van der Waals surface area (Å²) in [6, 6.07) is 0. The highest BCUT2D eigenvalue weighted by atomic mass is 16.1. The summed E-state index contributed by atoms with van der Waals surface area (Å²) in [5.74, 6) is 0.243. The first kappa shape index (κ1) is 6.67. The molecule has 0 atom stereocenters. The fourth-order valence-electron chi connectivity index (χ4n) is 0. The highest BCUT2D eigenvalue weighted by Gasteiger charge is 2.14. The predicted molar refractivity (Wildman–Crippen MR) is 30.1 cm³/mol. The topological polar surface area (TPSA) is 17.1 Å². The number of hydrogen-bond acceptors (Lipinski definition) is 1. The fraction of sp³-hybridized carbons (Fsp3) is 0.833. The molecular formula is C6H12O. The van der Waals surface area contributed by atoms with Crippen molar-refractivity contribution >= 4 is 5.78 Å². The first-order valence-electron chi connectivity index (χ1n) is 2.45. The summed E-state index contributed by atoms with van der Waals surface area (Å²) in [5.41, 5.74) is -0.139. The zero-order chi connectivity index (χ0) is 6.08. The third-order valence-corrected chi connectivity index (χ3v) is 1.06. The van der Waals surface area contributed by atoms with Gasteiger partial charge in [-0.1, -0.05) is 20.8 Å². The van der Waals surface area contributed by atoms with Crippen LogP contribution in [0.2, 0.25) is 0 Å². The number of Topliss-reactive ketones (excluding diaryl/α,β-unsaturated/α-hetero) is 1. The average Bonchev–Trinajstić information content (AvgIpc) is 1.31. The molecule has 0 saturated carbocycles. The molecular weight excluding hydrogens is 90.1 g/mol. The Bertz CT molecular complexity index is 76.7. The van der Waals surface area contributed by atoms with Crippen molar-refractivity contribution in [1.29, 1.82) is 0 Å². The van der Waals surface area contributed by atoms with Crippen molar-refractivity contribution in [1.82, 2.24) is 0 Å². The molecule has 0 aromatic carbocycles. The van der Waals surface area contributed by atoms with Crippen molar-refractivity contribution in [2.75, 3.05) is 0 Å². The van der Waals surface area contributed by atoms with Gasteiger partial charge in [0.2, 0.25) is 0 Å². The van der Waals surface area contributed by atoms with E-state index >= 15 is 0 Å². The molecule has 0 radical (unpaired) electrons. The number of carbonyl (C=O) groups is 1. The molecule has 1 nitrogen and oxygen atoms in total. The summed E-state index contributed by atoms with van der Waals surface area (Å²) in [4.78, 5) is 10.5. The Hall–Kier alpha value is -0.330. The molecule has 0 fully saturated rings. The molecule has 42 valence electrons. The number of ketones is 1. The minimum Gasteiger partial charge on any atom is -0.299 e. The normalized spacial score (nSPS) is 11.4. The number of carbonyl (C=O) groups excluding carboxylic acids is 1. The summed E-state index contributed by atoms with van der Waals surface area (Å²) in [5, 5.41) is 0. The maximum absolute atomic E-state index is 10.5. The van der Waals surface area contributed by atoms with E-state index in [1.165, 1.54) is 0 Å². The monoisotopic (exact) mass is 102 g/mol. The Balaban J connectivity index is 3.79. The molecule has 0 N–H and O–H groups in total. The lowest BCUT2D eigenvalue weighted by molar-refractivity contribution is -0.124. The third-order valence-electron chi connectivity index (χ3n) is 1.06.